The summed E-state index contributed by atoms with van der Waals surface area (Å²) in [5.41, 5.74) is 0.450. The van der Waals surface area contributed by atoms with Crippen LogP contribution in [0.3, 0.4) is 0 Å². The highest BCUT2D eigenvalue weighted by molar-refractivity contribution is 5.03. The highest BCUT2D eigenvalue weighted by Crippen LogP contribution is 2.38. The Morgan fingerprint density at radius 3 is 2.76 bits per heavy atom. The van der Waals surface area contributed by atoms with E-state index >= 15 is 0 Å². The Hall–Kier alpha value is -0.760. The van der Waals surface area contributed by atoms with Crippen LogP contribution in [0.4, 0.5) is 0 Å². The summed E-state index contributed by atoms with van der Waals surface area (Å²) in [5.74, 6) is 1.16. The fourth-order valence-corrected chi connectivity index (χ4v) is 3.03. The van der Waals surface area contributed by atoms with Crippen molar-refractivity contribution in [3.8, 4) is 0 Å². The molecule has 1 heterocycles. The van der Waals surface area contributed by atoms with Crippen molar-refractivity contribution in [2.24, 2.45) is 5.41 Å². The van der Waals surface area contributed by atoms with Crippen molar-refractivity contribution in [2.75, 3.05) is 13.1 Å². The average molecular weight is 235 g/mol. The Balaban J connectivity index is 1.95. The van der Waals surface area contributed by atoms with E-state index < -0.39 is 0 Å². The molecule has 0 saturated heterocycles. The third-order valence-corrected chi connectivity index (χ3v) is 3.97. The van der Waals surface area contributed by atoms with Gasteiger partial charge >= 0.3 is 0 Å². The standard InChI is InChI=1S/C15H25NO/c1-2-10-16-13-15(8-4-3-5-9-15)12-14-7-6-11-17-14/h6-7,11,16H,2-5,8-10,12-13H2,1H3. The highest BCUT2D eigenvalue weighted by atomic mass is 16.3. The Kier molecular flexibility index (Phi) is 4.66. The van der Waals surface area contributed by atoms with E-state index in [9.17, 15) is 0 Å². The minimum atomic E-state index is 0.450. The predicted molar refractivity (Wildman–Crippen MR) is 71.1 cm³/mol. The van der Waals surface area contributed by atoms with Gasteiger partial charge in [0.2, 0.25) is 0 Å². The summed E-state index contributed by atoms with van der Waals surface area (Å²) in [5, 5.41) is 3.62. The quantitative estimate of drug-likeness (QED) is 0.759. The van der Waals surface area contributed by atoms with Crippen molar-refractivity contribution in [1.82, 2.24) is 5.32 Å². The van der Waals surface area contributed by atoms with E-state index in [-0.39, 0.29) is 0 Å². The monoisotopic (exact) mass is 235 g/mol. The van der Waals surface area contributed by atoms with E-state index in [0.717, 1.165) is 25.3 Å². The zero-order valence-corrected chi connectivity index (χ0v) is 11.0. The van der Waals surface area contributed by atoms with Gasteiger partial charge in [0, 0.05) is 13.0 Å². The molecule has 0 atom stereocenters. The van der Waals surface area contributed by atoms with Gasteiger partial charge in [0.25, 0.3) is 0 Å². The average Bonchev–Trinajstić information content (AvgIpc) is 2.83. The van der Waals surface area contributed by atoms with Crippen LogP contribution in [-0.2, 0) is 6.42 Å². The van der Waals surface area contributed by atoms with Crippen molar-refractivity contribution < 1.29 is 4.42 Å². The Morgan fingerprint density at radius 2 is 2.12 bits per heavy atom. The SMILES string of the molecule is CCCNCC1(Cc2ccco2)CCCCC1. The molecular weight excluding hydrogens is 210 g/mol. The van der Waals surface area contributed by atoms with Crippen molar-refractivity contribution in [1.29, 1.82) is 0 Å². The Bertz CT molecular complexity index is 299. The summed E-state index contributed by atoms with van der Waals surface area (Å²) in [7, 11) is 0. The zero-order valence-electron chi connectivity index (χ0n) is 11.0. The van der Waals surface area contributed by atoms with Crippen LogP contribution in [0.2, 0.25) is 0 Å². The number of nitrogens with one attached hydrogen (secondary N) is 1. The normalized spacial score (nSPS) is 19.4. The summed E-state index contributed by atoms with van der Waals surface area (Å²) < 4.78 is 5.54. The minimum Gasteiger partial charge on any atom is -0.469 e. The summed E-state index contributed by atoms with van der Waals surface area (Å²) in [6.45, 7) is 4.52. The minimum absolute atomic E-state index is 0.450. The smallest absolute Gasteiger partial charge is 0.104 e. The fourth-order valence-electron chi connectivity index (χ4n) is 3.03. The molecule has 1 N–H and O–H groups in total. The fraction of sp³-hybridized carbons (Fsp3) is 0.733. The second kappa shape index (κ2) is 6.25. The molecule has 0 spiro atoms. The Labute approximate surface area is 105 Å². The molecule has 2 rings (SSSR count). The van der Waals surface area contributed by atoms with Gasteiger partial charge in [0.1, 0.15) is 5.76 Å². The van der Waals surface area contributed by atoms with E-state index in [4.69, 9.17) is 4.42 Å². The second-order valence-electron chi connectivity index (χ2n) is 5.49. The van der Waals surface area contributed by atoms with Crippen LogP contribution in [0, 0.1) is 5.41 Å². The van der Waals surface area contributed by atoms with E-state index in [1.165, 1.54) is 38.5 Å². The van der Waals surface area contributed by atoms with Gasteiger partial charge in [-0.15, -0.1) is 0 Å². The molecule has 0 bridgehead atoms. The van der Waals surface area contributed by atoms with Gasteiger partial charge in [-0.1, -0.05) is 26.2 Å². The van der Waals surface area contributed by atoms with E-state index in [1.807, 2.05) is 6.07 Å². The first-order valence-corrected chi connectivity index (χ1v) is 7.08. The van der Waals surface area contributed by atoms with Gasteiger partial charge in [-0.2, -0.15) is 0 Å². The van der Waals surface area contributed by atoms with Crippen molar-refractivity contribution in [2.45, 2.75) is 51.9 Å². The van der Waals surface area contributed by atoms with Crippen LogP contribution in [0.15, 0.2) is 22.8 Å². The maximum atomic E-state index is 5.54. The Morgan fingerprint density at radius 1 is 1.29 bits per heavy atom. The van der Waals surface area contributed by atoms with Gasteiger partial charge in [0.15, 0.2) is 0 Å². The molecule has 1 aromatic rings. The van der Waals surface area contributed by atoms with E-state index in [2.05, 4.69) is 18.3 Å². The summed E-state index contributed by atoms with van der Waals surface area (Å²) in [6.07, 6.45) is 11.0. The first kappa shape index (κ1) is 12.7. The van der Waals surface area contributed by atoms with Gasteiger partial charge < -0.3 is 9.73 Å². The lowest BCUT2D eigenvalue weighted by Crippen LogP contribution is -2.38. The van der Waals surface area contributed by atoms with Crippen LogP contribution in [-0.4, -0.2) is 13.1 Å². The largest absolute Gasteiger partial charge is 0.469 e. The van der Waals surface area contributed by atoms with Gasteiger partial charge in [-0.05, 0) is 43.4 Å². The van der Waals surface area contributed by atoms with Gasteiger partial charge in [0.05, 0.1) is 6.26 Å². The van der Waals surface area contributed by atoms with Gasteiger partial charge in [-0.3, -0.25) is 0 Å². The highest BCUT2D eigenvalue weighted by Gasteiger charge is 2.32. The molecule has 2 heteroatoms. The zero-order chi connectivity index (χ0) is 12.0. The molecule has 1 aliphatic carbocycles. The molecular formula is C15H25NO. The third-order valence-electron chi connectivity index (χ3n) is 3.97. The molecule has 1 aromatic heterocycles. The predicted octanol–water partition coefficient (Wildman–Crippen LogP) is 3.77. The number of furan rings is 1. The maximum Gasteiger partial charge on any atom is 0.104 e. The van der Waals surface area contributed by atoms with Crippen LogP contribution < -0.4 is 5.32 Å². The molecule has 0 unspecified atom stereocenters. The third kappa shape index (κ3) is 3.60. The van der Waals surface area contributed by atoms with Crippen molar-refractivity contribution >= 4 is 0 Å². The molecule has 96 valence electrons. The lowest BCUT2D eigenvalue weighted by Gasteiger charge is -2.37. The topological polar surface area (TPSA) is 25.2 Å². The molecule has 1 aliphatic rings. The molecule has 0 aliphatic heterocycles. The van der Waals surface area contributed by atoms with Gasteiger partial charge in [-0.25, -0.2) is 0 Å². The molecule has 0 radical (unpaired) electrons. The van der Waals surface area contributed by atoms with E-state index in [1.54, 1.807) is 6.26 Å². The number of hydrogen-bond donors (Lipinski definition) is 1. The first-order valence-electron chi connectivity index (χ1n) is 7.08. The second-order valence-corrected chi connectivity index (χ2v) is 5.49. The molecule has 1 fully saturated rings. The molecule has 0 amide bonds. The van der Waals surface area contributed by atoms with Crippen LogP contribution in [0.5, 0.6) is 0 Å². The van der Waals surface area contributed by atoms with Crippen LogP contribution in [0.1, 0.15) is 51.2 Å². The summed E-state index contributed by atoms with van der Waals surface area (Å²) >= 11 is 0. The van der Waals surface area contributed by atoms with Crippen LogP contribution >= 0.6 is 0 Å². The lowest BCUT2D eigenvalue weighted by atomic mass is 9.71. The molecule has 17 heavy (non-hydrogen) atoms. The van der Waals surface area contributed by atoms with Crippen molar-refractivity contribution in [3.05, 3.63) is 24.2 Å². The first-order chi connectivity index (χ1) is 8.35. The lowest BCUT2D eigenvalue weighted by molar-refractivity contribution is 0.170. The number of hydrogen-bond acceptors (Lipinski definition) is 2. The van der Waals surface area contributed by atoms with E-state index in [0.29, 0.717) is 5.41 Å². The molecule has 0 aromatic carbocycles. The summed E-state index contributed by atoms with van der Waals surface area (Å²) in [4.78, 5) is 0. The molecule has 2 nitrogen and oxygen atoms in total. The number of rotatable bonds is 6. The van der Waals surface area contributed by atoms with Crippen LogP contribution in [0.25, 0.3) is 0 Å². The maximum absolute atomic E-state index is 5.54. The molecule has 1 saturated carbocycles. The van der Waals surface area contributed by atoms with Crippen molar-refractivity contribution in [3.63, 3.8) is 0 Å². The summed E-state index contributed by atoms with van der Waals surface area (Å²) in [6, 6.07) is 4.13.